The number of carbonyl (C=O) groups excluding carboxylic acids is 1. The predicted octanol–water partition coefficient (Wildman–Crippen LogP) is 6.57. The molecule has 7 heteroatoms. The number of ketones is 1. The number of hydrogen-bond donors (Lipinski definition) is 0. The third kappa shape index (κ3) is 4.07. The number of ether oxygens (including phenoxy) is 1. The van der Waals surface area contributed by atoms with E-state index in [-0.39, 0.29) is 18.2 Å². The van der Waals surface area contributed by atoms with Crippen molar-refractivity contribution in [2.45, 2.75) is 39.2 Å². The number of fused-ring (bicyclic) bond motifs is 3. The van der Waals surface area contributed by atoms with E-state index in [1.165, 1.54) is 5.56 Å². The lowest BCUT2D eigenvalue weighted by Crippen LogP contribution is -2.27. The van der Waals surface area contributed by atoms with Gasteiger partial charge in [0.15, 0.2) is 5.78 Å². The molecule has 6 rings (SSSR count). The van der Waals surface area contributed by atoms with Crippen LogP contribution in [-0.2, 0) is 4.74 Å². The maximum atomic E-state index is 12.8. The highest BCUT2D eigenvalue weighted by Crippen LogP contribution is 2.41. The second-order valence-corrected chi connectivity index (χ2v) is 9.96. The maximum absolute atomic E-state index is 12.8. The van der Waals surface area contributed by atoms with E-state index in [2.05, 4.69) is 40.1 Å². The largest absolute Gasteiger partial charge is 0.381 e. The summed E-state index contributed by atoms with van der Waals surface area (Å²) < 4.78 is 13.6. The van der Waals surface area contributed by atoms with E-state index in [4.69, 9.17) is 19.5 Å². The number of Topliss-reactive ketones (excluding diaryl/α,β-unsaturated/α-hetero) is 1. The van der Waals surface area contributed by atoms with Gasteiger partial charge < -0.3 is 13.8 Å². The van der Waals surface area contributed by atoms with Crippen LogP contribution in [-0.4, -0.2) is 33.7 Å². The quantitative estimate of drug-likeness (QED) is 0.243. The van der Waals surface area contributed by atoms with Crippen molar-refractivity contribution in [2.75, 3.05) is 13.2 Å². The fourth-order valence-electron chi connectivity index (χ4n) is 5.90. The number of aryl methyl sites for hydroxylation is 2. The fraction of sp³-hybridized carbons (Fsp3) is 0.290. The molecule has 0 radical (unpaired) electrons. The minimum absolute atomic E-state index is 0.0168. The van der Waals surface area contributed by atoms with Gasteiger partial charge in [-0.05, 0) is 56.4 Å². The van der Waals surface area contributed by atoms with Crippen molar-refractivity contribution in [1.82, 2.24) is 14.7 Å². The molecule has 5 aromatic rings. The number of nitrogens with zero attached hydrogens (tertiary/aromatic N) is 4. The molecule has 2 aromatic carbocycles. The monoisotopic (exact) mass is 504 g/mol. The molecular weight excluding hydrogens is 476 g/mol. The van der Waals surface area contributed by atoms with Gasteiger partial charge in [-0.2, -0.15) is 5.26 Å². The highest BCUT2D eigenvalue weighted by atomic mass is 16.5. The van der Waals surface area contributed by atoms with Crippen LogP contribution >= 0.6 is 0 Å². The summed E-state index contributed by atoms with van der Waals surface area (Å²) in [5.41, 5.74) is 7.25. The first-order valence-electron chi connectivity index (χ1n) is 13.0. The summed E-state index contributed by atoms with van der Waals surface area (Å²) in [5.74, 6) is 0.906. The van der Waals surface area contributed by atoms with Crippen LogP contribution in [0.4, 0.5) is 0 Å². The summed E-state index contributed by atoms with van der Waals surface area (Å²) in [7, 11) is 0. The van der Waals surface area contributed by atoms with Gasteiger partial charge in [-0.3, -0.25) is 9.78 Å². The number of aromatic nitrogens is 3. The van der Waals surface area contributed by atoms with Crippen LogP contribution in [0.2, 0.25) is 0 Å². The molecule has 0 unspecified atom stereocenters. The first-order chi connectivity index (χ1) is 18.6. The molecule has 38 heavy (non-hydrogen) atoms. The molecule has 0 bridgehead atoms. The zero-order valence-corrected chi connectivity index (χ0v) is 21.5. The topological polar surface area (TPSA) is 93.9 Å². The smallest absolute Gasteiger partial charge is 0.176 e. The number of hydrogen-bond acceptors (Lipinski definition) is 6. The van der Waals surface area contributed by atoms with Crippen LogP contribution in [0.15, 0.2) is 65.3 Å². The van der Waals surface area contributed by atoms with Crippen LogP contribution < -0.4 is 0 Å². The van der Waals surface area contributed by atoms with Crippen LogP contribution in [0.5, 0.6) is 0 Å². The molecule has 0 amide bonds. The number of carbonyl (C=O) groups is 1. The van der Waals surface area contributed by atoms with Crippen molar-refractivity contribution in [1.29, 1.82) is 5.26 Å². The molecule has 190 valence electrons. The average Bonchev–Trinajstić information content (AvgIpc) is 3.45. The summed E-state index contributed by atoms with van der Waals surface area (Å²) >= 11 is 0. The molecule has 1 atom stereocenters. The summed E-state index contributed by atoms with van der Waals surface area (Å²) in [4.78, 5) is 17.7. The maximum Gasteiger partial charge on any atom is 0.176 e. The van der Waals surface area contributed by atoms with Crippen molar-refractivity contribution in [2.24, 2.45) is 5.92 Å². The summed E-state index contributed by atoms with van der Waals surface area (Å²) in [6.45, 7) is 5.30. The van der Waals surface area contributed by atoms with E-state index in [1.54, 1.807) is 0 Å². The Kier molecular flexibility index (Phi) is 6.26. The van der Waals surface area contributed by atoms with Crippen molar-refractivity contribution in [3.63, 3.8) is 0 Å². The highest BCUT2D eigenvalue weighted by Gasteiger charge is 2.30. The van der Waals surface area contributed by atoms with Gasteiger partial charge in [0.2, 0.25) is 0 Å². The summed E-state index contributed by atoms with van der Waals surface area (Å²) in [6, 6.07) is 20.4. The molecule has 1 aliphatic heterocycles. The molecule has 1 aliphatic rings. The van der Waals surface area contributed by atoms with Gasteiger partial charge in [0.25, 0.3) is 0 Å². The Bertz CT molecular complexity index is 1670. The Hall–Kier alpha value is -4.28. The van der Waals surface area contributed by atoms with Crippen molar-refractivity contribution < 1.29 is 14.1 Å². The Morgan fingerprint density at radius 3 is 2.61 bits per heavy atom. The lowest BCUT2D eigenvalue weighted by Gasteiger charge is -2.33. The molecule has 0 aliphatic carbocycles. The first-order valence-corrected chi connectivity index (χ1v) is 13.0. The Morgan fingerprint density at radius 1 is 1.11 bits per heavy atom. The van der Waals surface area contributed by atoms with Gasteiger partial charge in [-0.1, -0.05) is 41.6 Å². The lowest BCUT2D eigenvalue weighted by molar-refractivity contribution is 0.0553. The SMILES string of the molecule is Cc1noc(C)c1-c1cnc2c3ccc(C(=O)CC#N)cc3n([C@H](c3ccccc3)C3CCOCC3)c2c1. The van der Waals surface area contributed by atoms with E-state index in [0.717, 1.165) is 70.6 Å². The number of pyridine rings is 1. The molecule has 3 aromatic heterocycles. The van der Waals surface area contributed by atoms with Gasteiger partial charge in [0.05, 0.1) is 40.8 Å². The number of benzene rings is 2. The minimum Gasteiger partial charge on any atom is -0.381 e. The molecule has 0 saturated carbocycles. The average molecular weight is 505 g/mol. The normalized spacial score (nSPS) is 15.1. The minimum atomic E-state index is -0.182. The Labute approximate surface area is 220 Å². The number of nitriles is 1. The van der Waals surface area contributed by atoms with Crippen LogP contribution in [0.1, 0.15) is 52.7 Å². The van der Waals surface area contributed by atoms with E-state index in [9.17, 15) is 4.79 Å². The summed E-state index contributed by atoms with van der Waals surface area (Å²) in [5, 5.41) is 14.3. The first kappa shape index (κ1) is 24.1. The van der Waals surface area contributed by atoms with Crippen molar-refractivity contribution in [3.05, 3.63) is 83.4 Å². The van der Waals surface area contributed by atoms with Gasteiger partial charge in [-0.15, -0.1) is 0 Å². The van der Waals surface area contributed by atoms with E-state index in [1.807, 2.05) is 50.4 Å². The van der Waals surface area contributed by atoms with Crippen LogP contribution in [0, 0.1) is 31.1 Å². The zero-order chi connectivity index (χ0) is 26.2. The lowest BCUT2D eigenvalue weighted by atomic mass is 9.86. The molecule has 1 saturated heterocycles. The van der Waals surface area contributed by atoms with Gasteiger partial charge in [0.1, 0.15) is 5.76 Å². The van der Waals surface area contributed by atoms with E-state index < -0.39 is 0 Å². The fourth-order valence-corrected chi connectivity index (χ4v) is 5.90. The third-order valence-electron chi connectivity index (χ3n) is 7.65. The molecule has 0 spiro atoms. The van der Waals surface area contributed by atoms with Gasteiger partial charge in [0, 0.05) is 41.5 Å². The van der Waals surface area contributed by atoms with Gasteiger partial charge in [-0.25, -0.2) is 0 Å². The Balaban J connectivity index is 1.67. The molecule has 4 heterocycles. The van der Waals surface area contributed by atoms with Crippen LogP contribution in [0.3, 0.4) is 0 Å². The van der Waals surface area contributed by atoms with Gasteiger partial charge >= 0.3 is 0 Å². The zero-order valence-electron chi connectivity index (χ0n) is 21.5. The molecular formula is C31H28N4O3. The second kappa shape index (κ2) is 9.88. The van der Waals surface area contributed by atoms with Crippen molar-refractivity contribution in [3.8, 4) is 17.2 Å². The highest BCUT2D eigenvalue weighted by molar-refractivity contribution is 6.09. The second-order valence-electron chi connectivity index (χ2n) is 9.96. The van der Waals surface area contributed by atoms with Crippen molar-refractivity contribution >= 4 is 27.7 Å². The summed E-state index contributed by atoms with van der Waals surface area (Å²) in [6.07, 6.45) is 3.59. The standard InChI is InChI=1S/C31H28N4O3/c1-19-29(20(2)38-34-19)24-17-27-30(33-18-24)25-9-8-23(28(36)10-13-32)16-26(25)35(27)31(21-6-4-3-5-7-21)22-11-14-37-15-12-22/h3-9,16-18,22,31H,10-12,14-15H2,1-2H3/t31-/m1/s1. The molecule has 1 fully saturated rings. The van der Waals surface area contributed by atoms with Crippen LogP contribution in [0.25, 0.3) is 33.1 Å². The van der Waals surface area contributed by atoms with E-state index in [0.29, 0.717) is 11.5 Å². The predicted molar refractivity (Wildman–Crippen MR) is 145 cm³/mol. The molecule has 7 nitrogen and oxygen atoms in total. The molecule has 0 N–H and O–H groups in total. The number of rotatable bonds is 6. The third-order valence-corrected chi connectivity index (χ3v) is 7.65. The Morgan fingerprint density at radius 2 is 1.89 bits per heavy atom. The van der Waals surface area contributed by atoms with E-state index >= 15 is 0 Å².